The van der Waals surface area contributed by atoms with Gasteiger partial charge in [-0.1, -0.05) is 12.1 Å². The molecule has 1 heterocycles. The molecule has 2 aromatic rings. The molecule has 0 spiro atoms. The van der Waals surface area contributed by atoms with Gasteiger partial charge in [-0.2, -0.15) is 0 Å². The van der Waals surface area contributed by atoms with Crippen molar-refractivity contribution in [2.45, 2.75) is 18.7 Å². The van der Waals surface area contributed by atoms with Crippen molar-refractivity contribution in [1.82, 2.24) is 4.31 Å². The minimum atomic E-state index is -3.59. The summed E-state index contributed by atoms with van der Waals surface area (Å²) in [5.74, 6) is -0.513. The quantitative estimate of drug-likeness (QED) is 0.825. The van der Waals surface area contributed by atoms with Crippen LogP contribution in [-0.4, -0.2) is 38.5 Å². The molecule has 1 N–H and O–H groups in total. The predicted octanol–water partition coefficient (Wildman–Crippen LogP) is 2.76. The van der Waals surface area contributed by atoms with Gasteiger partial charge in [-0.25, -0.2) is 12.7 Å². The Morgan fingerprint density at radius 3 is 2.42 bits per heavy atom. The lowest BCUT2D eigenvalue weighted by Crippen LogP contribution is -2.22. The maximum Gasteiger partial charge on any atom is 0.265 e. The molecular weight excluding hydrogens is 348 g/mol. The van der Waals surface area contributed by atoms with Gasteiger partial charge in [0.15, 0.2) is 5.78 Å². The molecular formula is C16H18N2O4S2. The number of thiophene rings is 1. The number of hydrogen-bond acceptors (Lipinski definition) is 5. The van der Waals surface area contributed by atoms with E-state index in [2.05, 4.69) is 5.32 Å². The first-order valence-corrected chi connectivity index (χ1v) is 9.34. The van der Waals surface area contributed by atoms with E-state index in [0.717, 1.165) is 15.6 Å². The normalized spacial score (nSPS) is 11.5. The SMILES string of the molecule is CC(=O)c1cccc(NC(=O)c2cc(S(=O)(=O)N(C)C)c(C)s2)c1. The molecule has 0 aliphatic rings. The van der Waals surface area contributed by atoms with E-state index in [1.54, 1.807) is 31.2 Å². The van der Waals surface area contributed by atoms with Crippen LogP contribution in [0.3, 0.4) is 0 Å². The molecule has 0 aliphatic carbocycles. The van der Waals surface area contributed by atoms with E-state index in [4.69, 9.17) is 0 Å². The van der Waals surface area contributed by atoms with Gasteiger partial charge < -0.3 is 5.32 Å². The van der Waals surface area contributed by atoms with Crippen LogP contribution in [0.1, 0.15) is 31.8 Å². The van der Waals surface area contributed by atoms with Crippen LogP contribution < -0.4 is 5.32 Å². The van der Waals surface area contributed by atoms with Gasteiger partial charge in [-0.05, 0) is 32.0 Å². The second kappa shape index (κ2) is 6.84. The van der Waals surface area contributed by atoms with Crippen molar-refractivity contribution in [2.24, 2.45) is 0 Å². The number of nitrogens with one attached hydrogen (secondary N) is 1. The average Bonchev–Trinajstić information content (AvgIpc) is 2.90. The number of sulfonamides is 1. The zero-order valence-corrected chi connectivity index (χ0v) is 15.4. The number of amides is 1. The summed E-state index contributed by atoms with van der Waals surface area (Å²) >= 11 is 1.11. The van der Waals surface area contributed by atoms with Crippen LogP contribution >= 0.6 is 11.3 Å². The topological polar surface area (TPSA) is 83.5 Å². The van der Waals surface area contributed by atoms with E-state index < -0.39 is 15.9 Å². The lowest BCUT2D eigenvalue weighted by molar-refractivity contribution is 0.101. The van der Waals surface area contributed by atoms with Gasteiger partial charge in [0.2, 0.25) is 10.0 Å². The van der Waals surface area contributed by atoms with E-state index in [-0.39, 0.29) is 10.7 Å². The number of anilines is 1. The number of benzene rings is 1. The lowest BCUT2D eigenvalue weighted by Gasteiger charge is -2.10. The fourth-order valence-electron chi connectivity index (χ4n) is 2.04. The Bertz CT molecular complexity index is 899. The third-order valence-electron chi connectivity index (χ3n) is 3.38. The smallest absolute Gasteiger partial charge is 0.265 e. The molecule has 6 nitrogen and oxygen atoms in total. The maximum atomic E-state index is 12.4. The number of hydrogen-bond donors (Lipinski definition) is 1. The number of nitrogens with zero attached hydrogens (tertiary/aromatic N) is 1. The van der Waals surface area contributed by atoms with Gasteiger partial charge in [0, 0.05) is 30.2 Å². The Morgan fingerprint density at radius 1 is 1.17 bits per heavy atom. The highest BCUT2D eigenvalue weighted by Crippen LogP contribution is 2.28. The van der Waals surface area contributed by atoms with Crippen LogP contribution in [0.2, 0.25) is 0 Å². The van der Waals surface area contributed by atoms with Gasteiger partial charge in [0.1, 0.15) is 0 Å². The maximum absolute atomic E-state index is 12.4. The largest absolute Gasteiger partial charge is 0.321 e. The van der Waals surface area contributed by atoms with Crippen LogP contribution in [0, 0.1) is 6.92 Å². The van der Waals surface area contributed by atoms with E-state index in [9.17, 15) is 18.0 Å². The molecule has 0 saturated heterocycles. The molecule has 0 saturated carbocycles. The number of rotatable bonds is 5. The highest BCUT2D eigenvalue weighted by Gasteiger charge is 2.24. The minimum Gasteiger partial charge on any atom is -0.321 e. The Morgan fingerprint density at radius 2 is 1.83 bits per heavy atom. The highest BCUT2D eigenvalue weighted by atomic mass is 32.2. The van der Waals surface area contributed by atoms with Gasteiger partial charge in [-0.15, -0.1) is 11.3 Å². The van der Waals surface area contributed by atoms with Crippen molar-refractivity contribution in [2.75, 3.05) is 19.4 Å². The Kier molecular flexibility index (Phi) is 5.22. The van der Waals surface area contributed by atoms with Crippen molar-refractivity contribution >= 4 is 38.7 Å². The van der Waals surface area contributed by atoms with E-state index in [0.29, 0.717) is 21.0 Å². The Labute approximate surface area is 145 Å². The second-order valence-corrected chi connectivity index (χ2v) is 8.79. The van der Waals surface area contributed by atoms with Gasteiger partial charge in [0.05, 0.1) is 9.77 Å². The second-order valence-electron chi connectivity index (χ2n) is 5.41. The fourth-order valence-corrected chi connectivity index (χ4v) is 4.39. The van der Waals surface area contributed by atoms with Crippen molar-refractivity contribution in [3.05, 3.63) is 45.6 Å². The molecule has 1 amide bonds. The summed E-state index contributed by atoms with van der Waals surface area (Å²) in [4.78, 5) is 24.7. The number of carbonyl (C=O) groups excluding carboxylic acids is 2. The number of ketones is 1. The summed E-state index contributed by atoms with van der Waals surface area (Å²) in [6, 6.07) is 7.96. The number of aryl methyl sites for hydroxylation is 1. The van der Waals surface area contributed by atoms with Crippen LogP contribution in [0.25, 0.3) is 0 Å². The third-order valence-corrected chi connectivity index (χ3v) is 6.50. The number of carbonyl (C=O) groups is 2. The highest BCUT2D eigenvalue weighted by molar-refractivity contribution is 7.89. The van der Waals surface area contributed by atoms with Crippen molar-refractivity contribution in [3.63, 3.8) is 0 Å². The molecule has 0 bridgehead atoms. The molecule has 1 aromatic heterocycles. The summed E-state index contributed by atoms with van der Waals surface area (Å²) in [7, 11) is -0.704. The molecule has 24 heavy (non-hydrogen) atoms. The average molecular weight is 366 g/mol. The van der Waals surface area contributed by atoms with Crippen LogP contribution in [0.5, 0.6) is 0 Å². The molecule has 0 aliphatic heterocycles. The van der Waals surface area contributed by atoms with Gasteiger partial charge >= 0.3 is 0 Å². The first-order valence-electron chi connectivity index (χ1n) is 7.08. The van der Waals surface area contributed by atoms with Crippen LogP contribution in [0.4, 0.5) is 5.69 Å². The van der Waals surface area contributed by atoms with Gasteiger partial charge in [0.25, 0.3) is 5.91 Å². The van der Waals surface area contributed by atoms with E-state index >= 15 is 0 Å². The predicted molar refractivity (Wildman–Crippen MR) is 94.3 cm³/mol. The first-order chi connectivity index (χ1) is 11.1. The Balaban J connectivity index is 2.29. The monoisotopic (exact) mass is 366 g/mol. The van der Waals surface area contributed by atoms with Crippen molar-refractivity contribution < 1.29 is 18.0 Å². The Hall–Kier alpha value is -2.03. The molecule has 8 heteroatoms. The minimum absolute atomic E-state index is 0.0996. The van der Waals surface area contributed by atoms with Crippen molar-refractivity contribution in [3.8, 4) is 0 Å². The lowest BCUT2D eigenvalue weighted by atomic mass is 10.1. The van der Waals surface area contributed by atoms with E-state index in [1.807, 2.05) is 0 Å². The molecule has 128 valence electrons. The van der Waals surface area contributed by atoms with Gasteiger partial charge in [-0.3, -0.25) is 9.59 Å². The molecule has 2 rings (SSSR count). The molecule has 1 aromatic carbocycles. The zero-order chi connectivity index (χ0) is 18.1. The first kappa shape index (κ1) is 18.3. The summed E-state index contributed by atoms with van der Waals surface area (Å²) < 4.78 is 25.6. The molecule has 0 unspecified atom stereocenters. The summed E-state index contributed by atoms with van der Waals surface area (Å²) in [6.07, 6.45) is 0. The number of Topliss-reactive ketones (excluding diaryl/α,β-unsaturated/α-hetero) is 1. The van der Waals surface area contributed by atoms with Crippen LogP contribution in [-0.2, 0) is 10.0 Å². The molecule has 0 fully saturated rings. The summed E-state index contributed by atoms with van der Waals surface area (Å²) in [6.45, 7) is 3.11. The fraction of sp³-hybridized carbons (Fsp3) is 0.250. The zero-order valence-electron chi connectivity index (χ0n) is 13.8. The third kappa shape index (κ3) is 3.72. The van der Waals surface area contributed by atoms with Crippen molar-refractivity contribution in [1.29, 1.82) is 0 Å². The molecule has 0 atom stereocenters. The summed E-state index contributed by atoms with van der Waals surface area (Å²) in [5.41, 5.74) is 0.974. The standard InChI is InChI=1S/C16H18N2O4S2/c1-10(19)12-6-5-7-13(8-12)17-16(20)14-9-15(11(2)23-14)24(21,22)18(3)4/h5-9H,1-4H3,(H,17,20). The van der Waals surface area contributed by atoms with Crippen LogP contribution in [0.15, 0.2) is 35.2 Å². The van der Waals surface area contributed by atoms with E-state index in [1.165, 1.54) is 27.1 Å². The molecule has 0 radical (unpaired) electrons. The summed E-state index contributed by atoms with van der Waals surface area (Å²) in [5, 5.41) is 2.69.